The number of hydrogen-bond acceptors (Lipinski definition) is 7. The molecule has 3 aliphatic rings. The molecule has 0 spiro atoms. The molecule has 2 saturated carbocycles. The molecular weight excluding hydrogens is 628 g/mol. The van der Waals surface area contributed by atoms with Gasteiger partial charge in [-0.05, 0) is 61.5 Å². The Hall–Kier alpha value is -3.03. The normalized spacial score (nSPS) is 22.4. The molecule has 0 amide bonds. The number of fused-ring (bicyclic) bond motifs is 2. The number of carbonyl (C=O) groups excluding carboxylic acids is 3. The van der Waals surface area contributed by atoms with Crippen LogP contribution in [0.3, 0.4) is 0 Å². The topological polar surface area (TPSA) is 88.1 Å². The minimum atomic E-state index is -1.66. The number of carbonyl (C=O) groups is 3. The molecule has 2 aliphatic carbocycles. The van der Waals surface area contributed by atoms with Crippen LogP contribution in [0.15, 0.2) is 60.7 Å². The van der Waals surface area contributed by atoms with E-state index < -0.39 is 17.9 Å². The van der Waals surface area contributed by atoms with Crippen LogP contribution in [0, 0.1) is 23.7 Å². The Morgan fingerprint density at radius 2 is 1.28 bits per heavy atom. The summed E-state index contributed by atoms with van der Waals surface area (Å²) in [7, 11) is 0. The molecule has 5 rings (SSSR count). The van der Waals surface area contributed by atoms with Crippen molar-refractivity contribution >= 4 is 17.7 Å². The molecule has 7 heteroatoms. The molecule has 274 valence electrons. The number of Topliss-reactive ketones (excluding diaryl/α,β-unsaturated/α-hetero) is 1. The van der Waals surface area contributed by atoms with Gasteiger partial charge < -0.3 is 18.9 Å². The molecule has 1 saturated heterocycles. The monoisotopic (exact) mass is 688 g/mol. The van der Waals surface area contributed by atoms with Crippen molar-refractivity contribution in [2.45, 2.75) is 141 Å². The number of unbranched alkanes of at least 4 members (excludes halogenated alkanes) is 9. The lowest BCUT2D eigenvalue weighted by atomic mass is 9.74. The molecule has 0 radical (unpaired) electrons. The maximum atomic E-state index is 14.9. The maximum Gasteiger partial charge on any atom is 0.348 e. The van der Waals surface area contributed by atoms with Gasteiger partial charge in [0, 0.05) is 18.8 Å². The van der Waals surface area contributed by atoms with Gasteiger partial charge in [0.25, 0.3) is 0 Å². The Labute approximate surface area is 300 Å². The van der Waals surface area contributed by atoms with Gasteiger partial charge in [-0.15, -0.1) is 0 Å². The molecule has 3 atom stereocenters. The van der Waals surface area contributed by atoms with Crippen molar-refractivity contribution < 1.29 is 33.3 Å². The second-order valence-electron chi connectivity index (χ2n) is 14.9. The third-order valence-corrected chi connectivity index (χ3v) is 11.2. The quantitative estimate of drug-likeness (QED) is 0.0692. The molecule has 0 aromatic heterocycles. The fourth-order valence-electron chi connectivity index (χ4n) is 8.36. The van der Waals surface area contributed by atoms with Crippen molar-refractivity contribution in [3.05, 3.63) is 71.8 Å². The third kappa shape index (κ3) is 9.85. The van der Waals surface area contributed by atoms with Gasteiger partial charge in [-0.2, -0.15) is 0 Å². The van der Waals surface area contributed by atoms with Gasteiger partial charge >= 0.3 is 11.9 Å². The van der Waals surface area contributed by atoms with Crippen LogP contribution in [-0.2, 0) is 38.9 Å². The van der Waals surface area contributed by atoms with Crippen LogP contribution in [0.4, 0.5) is 0 Å². The number of esters is 2. The summed E-state index contributed by atoms with van der Waals surface area (Å²) in [4.78, 5) is 41.4. The van der Waals surface area contributed by atoms with E-state index in [2.05, 4.69) is 13.8 Å². The SMILES string of the molecule is CCCCCCCCCCC(OC(=O)C1COC1)OC(C(=O)OC1CC2CCC(C1)C2C(=O)CCCCC)(c1ccccc1)c1ccccc1. The van der Waals surface area contributed by atoms with Crippen molar-refractivity contribution in [1.82, 2.24) is 0 Å². The summed E-state index contributed by atoms with van der Waals surface area (Å²) in [6.45, 7) is 5.05. The summed E-state index contributed by atoms with van der Waals surface area (Å²) in [5, 5.41) is 0. The first kappa shape index (κ1) is 38.2. The first-order valence-corrected chi connectivity index (χ1v) is 19.8. The number of benzene rings is 2. The Morgan fingerprint density at radius 3 is 1.82 bits per heavy atom. The molecule has 1 aliphatic heterocycles. The van der Waals surface area contributed by atoms with Gasteiger partial charge in [0.1, 0.15) is 17.8 Å². The minimum absolute atomic E-state index is 0.0805. The zero-order chi connectivity index (χ0) is 35.2. The van der Waals surface area contributed by atoms with Crippen molar-refractivity contribution in [2.75, 3.05) is 13.2 Å². The average molecular weight is 689 g/mol. The van der Waals surface area contributed by atoms with E-state index in [0.717, 1.165) is 51.4 Å². The van der Waals surface area contributed by atoms with Crippen molar-refractivity contribution in [3.63, 3.8) is 0 Å². The fraction of sp³-hybridized carbons (Fsp3) is 0.651. The zero-order valence-electron chi connectivity index (χ0n) is 30.5. The van der Waals surface area contributed by atoms with E-state index >= 15 is 0 Å². The second kappa shape index (κ2) is 19.5. The van der Waals surface area contributed by atoms with E-state index in [1.807, 2.05) is 60.7 Å². The number of hydrogen-bond donors (Lipinski definition) is 0. The predicted octanol–water partition coefficient (Wildman–Crippen LogP) is 9.49. The molecule has 50 heavy (non-hydrogen) atoms. The van der Waals surface area contributed by atoms with Crippen molar-refractivity contribution in [1.29, 1.82) is 0 Å². The Bertz CT molecular complexity index is 1270. The van der Waals surface area contributed by atoms with Gasteiger partial charge in [0.2, 0.25) is 11.9 Å². The summed E-state index contributed by atoms with van der Waals surface area (Å²) in [5.74, 6) is -0.237. The smallest absolute Gasteiger partial charge is 0.348 e. The van der Waals surface area contributed by atoms with E-state index in [0.29, 0.717) is 55.8 Å². The largest absolute Gasteiger partial charge is 0.460 e. The minimum Gasteiger partial charge on any atom is -0.460 e. The first-order chi connectivity index (χ1) is 24.5. The predicted molar refractivity (Wildman–Crippen MR) is 194 cm³/mol. The molecule has 2 aromatic carbocycles. The van der Waals surface area contributed by atoms with Crippen LogP contribution in [0.2, 0.25) is 0 Å². The van der Waals surface area contributed by atoms with Crippen molar-refractivity contribution in [3.8, 4) is 0 Å². The molecule has 2 aromatic rings. The van der Waals surface area contributed by atoms with Crippen LogP contribution in [0.1, 0.15) is 134 Å². The Kier molecular flexibility index (Phi) is 14.9. The molecular formula is C43H60O7. The lowest BCUT2D eigenvalue weighted by Gasteiger charge is -2.39. The average Bonchev–Trinajstić information content (AvgIpc) is 3.38. The van der Waals surface area contributed by atoms with Gasteiger partial charge in [0.15, 0.2) is 0 Å². The highest BCUT2D eigenvalue weighted by molar-refractivity contribution is 5.86. The van der Waals surface area contributed by atoms with Gasteiger partial charge in [0.05, 0.1) is 13.2 Å². The van der Waals surface area contributed by atoms with Crippen LogP contribution in [-0.4, -0.2) is 43.3 Å². The van der Waals surface area contributed by atoms with Crippen LogP contribution < -0.4 is 0 Å². The first-order valence-electron chi connectivity index (χ1n) is 19.8. The fourth-order valence-corrected chi connectivity index (χ4v) is 8.36. The van der Waals surface area contributed by atoms with Gasteiger partial charge in [-0.3, -0.25) is 9.59 Å². The molecule has 7 nitrogen and oxygen atoms in total. The van der Waals surface area contributed by atoms with E-state index in [-0.39, 0.29) is 35.7 Å². The van der Waals surface area contributed by atoms with Gasteiger partial charge in [-0.25, -0.2) is 4.79 Å². The Morgan fingerprint density at radius 1 is 0.740 bits per heavy atom. The summed E-state index contributed by atoms with van der Waals surface area (Å²) in [6.07, 6.45) is 15.5. The third-order valence-electron chi connectivity index (χ3n) is 11.2. The molecule has 3 unspecified atom stereocenters. The van der Waals surface area contributed by atoms with Crippen molar-refractivity contribution in [2.24, 2.45) is 23.7 Å². The lowest BCUT2D eigenvalue weighted by Crippen LogP contribution is -2.48. The number of ketones is 1. The zero-order valence-corrected chi connectivity index (χ0v) is 30.5. The number of rotatable bonds is 22. The van der Waals surface area contributed by atoms with Crippen LogP contribution in [0.25, 0.3) is 0 Å². The summed E-state index contributed by atoms with van der Waals surface area (Å²) >= 11 is 0. The van der Waals surface area contributed by atoms with E-state index in [4.69, 9.17) is 18.9 Å². The van der Waals surface area contributed by atoms with Crippen LogP contribution in [0.5, 0.6) is 0 Å². The van der Waals surface area contributed by atoms with Gasteiger partial charge in [-0.1, -0.05) is 132 Å². The van der Waals surface area contributed by atoms with E-state index in [9.17, 15) is 14.4 Å². The molecule has 3 fully saturated rings. The lowest BCUT2D eigenvalue weighted by molar-refractivity contribution is -0.231. The highest BCUT2D eigenvalue weighted by atomic mass is 16.7. The Balaban J connectivity index is 1.37. The molecule has 0 N–H and O–H groups in total. The van der Waals surface area contributed by atoms with E-state index in [1.54, 1.807) is 0 Å². The number of ether oxygens (including phenoxy) is 4. The molecule has 1 heterocycles. The second-order valence-corrected chi connectivity index (χ2v) is 14.9. The highest BCUT2D eigenvalue weighted by Gasteiger charge is 2.51. The standard InChI is InChI=1S/C43H60O7/c1-3-5-7-8-9-10-11-19-25-39(49-41(45)34-30-47-31-34)50-43(35-20-15-12-16-21-35,36-22-17-13-18-23-36)42(46)48-37-28-32-26-27-33(29-37)40(32)38(44)24-14-6-4-2/h12-13,15-18,20-23,32-34,37,39-40H,3-11,14,19,24-31H2,1-2H3. The maximum absolute atomic E-state index is 14.9. The van der Waals surface area contributed by atoms with E-state index in [1.165, 1.54) is 32.1 Å². The highest BCUT2D eigenvalue weighted by Crippen LogP contribution is 2.49. The summed E-state index contributed by atoms with van der Waals surface area (Å²) in [6, 6.07) is 18.9. The van der Waals surface area contributed by atoms with Crippen LogP contribution >= 0.6 is 0 Å². The summed E-state index contributed by atoms with van der Waals surface area (Å²) < 4.78 is 24.8. The molecule has 2 bridgehead atoms. The summed E-state index contributed by atoms with van der Waals surface area (Å²) in [5.41, 5.74) is -0.402.